The van der Waals surface area contributed by atoms with Crippen molar-refractivity contribution in [2.24, 2.45) is 0 Å². The van der Waals surface area contributed by atoms with Crippen LogP contribution in [0.5, 0.6) is 5.75 Å². The number of benzene rings is 1. The third-order valence-electron chi connectivity index (χ3n) is 2.02. The van der Waals surface area contributed by atoms with Gasteiger partial charge in [-0.05, 0) is 30.2 Å². The second-order valence-corrected chi connectivity index (χ2v) is 3.94. The van der Waals surface area contributed by atoms with Crippen molar-refractivity contribution >= 4 is 29.1 Å². The fourth-order valence-electron chi connectivity index (χ4n) is 1.28. The van der Waals surface area contributed by atoms with E-state index in [2.05, 4.69) is 5.32 Å². The molecule has 0 spiro atoms. The Bertz CT molecular complexity index is 369. The summed E-state index contributed by atoms with van der Waals surface area (Å²) in [5, 5.41) is 3.31. The van der Waals surface area contributed by atoms with Crippen molar-refractivity contribution in [1.82, 2.24) is 5.32 Å². The summed E-state index contributed by atoms with van der Waals surface area (Å²) in [6, 6.07) is 5.47. The van der Waals surface area contributed by atoms with Gasteiger partial charge in [-0.25, -0.2) is 0 Å². The van der Waals surface area contributed by atoms with E-state index in [9.17, 15) is 4.79 Å². The van der Waals surface area contributed by atoms with Crippen LogP contribution in [0, 0.1) is 0 Å². The van der Waals surface area contributed by atoms with Crippen molar-refractivity contribution in [2.45, 2.75) is 6.42 Å². The number of hydrogen-bond donors (Lipinski definition) is 1. The number of carbonyl (C=O) groups excluding carboxylic acids is 1. The summed E-state index contributed by atoms with van der Waals surface area (Å²) in [6.45, 7) is 0.537. The van der Waals surface area contributed by atoms with Crippen molar-refractivity contribution in [2.75, 3.05) is 19.5 Å². The number of carbonyl (C=O) groups is 1. The van der Waals surface area contributed by atoms with Gasteiger partial charge in [0, 0.05) is 11.6 Å². The predicted molar refractivity (Wildman–Crippen MR) is 65.4 cm³/mol. The van der Waals surface area contributed by atoms with Gasteiger partial charge in [-0.1, -0.05) is 11.6 Å². The van der Waals surface area contributed by atoms with Crippen molar-refractivity contribution in [3.8, 4) is 5.75 Å². The minimum absolute atomic E-state index is 0.0150. The molecule has 0 aromatic heterocycles. The number of methoxy groups -OCH3 is 1. The molecule has 3 nitrogen and oxygen atoms in total. The Morgan fingerprint density at radius 3 is 2.81 bits per heavy atom. The Morgan fingerprint density at radius 2 is 2.19 bits per heavy atom. The molecule has 0 bridgehead atoms. The van der Waals surface area contributed by atoms with Gasteiger partial charge in [-0.3, -0.25) is 4.79 Å². The molecule has 5 heteroatoms. The number of halogens is 2. The summed E-state index contributed by atoms with van der Waals surface area (Å²) in [7, 11) is 1.59. The Morgan fingerprint density at radius 1 is 1.44 bits per heavy atom. The average Bonchev–Trinajstić information content (AvgIpc) is 2.28. The van der Waals surface area contributed by atoms with Crippen LogP contribution in [0.3, 0.4) is 0 Å². The van der Waals surface area contributed by atoms with Crippen molar-refractivity contribution < 1.29 is 9.53 Å². The maximum absolute atomic E-state index is 10.9. The molecule has 1 amide bonds. The molecule has 16 heavy (non-hydrogen) atoms. The van der Waals surface area contributed by atoms with Crippen LogP contribution >= 0.6 is 23.2 Å². The van der Waals surface area contributed by atoms with Gasteiger partial charge >= 0.3 is 0 Å². The smallest absolute Gasteiger partial charge is 0.234 e. The van der Waals surface area contributed by atoms with E-state index in [1.807, 2.05) is 12.1 Å². The largest absolute Gasteiger partial charge is 0.497 e. The topological polar surface area (TPSA) is 38.3 Å². The summed E-state index contributed by atoms with van der Waals surface area (Å²) < 4.78 is 5.09. The normalized spacial score (nSPS) is 9.94. The lowest BCUT2D eigenvalue weighted by molar-refractivity contribution is -0.118. The van der Waals surface area contributed by atoms with E-state index >= 15 is 0 Å². The van der Waals surface area contributed by atoms with Gasteiger partial charge in [0.15, 0.2) is 0 Å². The van der Waals surface area contributed by atoms with Gasteiger partial charge in [0.1, 0.15) is 11.6 Å². The molecule has 0 atom stereocenters. The zero-order valence-electron chi connectivity index (χ0n) is 8.93. The number of alkyl halides is 1. The average molecular weight is 262 g/mol. The minimum atomic E-state index is -0.171. The lowest BCUT2D eigenvalue weighted by Gasteiger charge is -2.06. The summed E-state index contributed by atoms with van der Waals surface area (Å²) in [4.78, 5) is 10.9. The molecule has 0 heterocycles. The van der Waals surface area contributed by atoms with Crippen molar-refractivity contribution in [3.05, 3.63) is 28.8 Å². The lowest BCUT2D eigenvalue weighted by atomic mass is 10.1. The second kappa shape index (κ2) is 6.61. The first-order valence-corrected chi connectivity index (χ1v) is 5.73. The highest BCUT2D eigenvalue weighted by Crippen LogP contribution is 2.20. The van der Waals surface area contributed by atoms with E-state index in [0.29, 0.717) is 23.7 Å². The highest BCUT2D eigenvalue weighted by Gasteiger charge is 2.01. The summed E-state index contributed by atoms with van der Waals surface area (Å²) >= 11 is 11.3. The summed E-state index contributed by atoms with van der Waals surface area (Å²) in [5.74, 6) is 0.528. The molecule has 0 saturated carbocycles. The van der Waals surface area contributed by atoms with Crippen LogP contribution in [0.1, 0.15) is 5.56 Å². The number of rotatable bonds is 5. The van der Waals surface area contributed by atoms with Crippen LogP contribution < -0.4 is 10.1 Å². The molecule has 1 N–H and O–H groups in total. The van der Waals surface area contributed by atoms with Crippen LogP contribution in [0.15, 0.2) is 18.2 Å². The molecule has 0 fully saturated rings. The Labute approximate surface area is 105 Å². The Hall–Kier alpha value is -0.930. The monoisotopic (exact) mass is 261 g/mol. The molecule has 88 valence electrons. The SMILES string of the molecule is COc1cc(Cl)cc(CCNC(=O)CCl)c1. The van der Waals surface area contributed by atoms with Crippen molar-refractivity contribution in [3.63, 3.8) is 0 Å². The molecule has 1 aromatic rings. The fraction of sp³-hybridized carbons (Fsp3) is 0.364. The Balaban J connectivity index is 2.53. The number of amides is 1. The molecule has 0 unspecified atom stereocenters. The highest BCUT2D eigenvalue weighted by molar-refractivity contribution is 6.30. The molecular formula is C11H13Cl2NO2. The zero-order valence-corrected chi connectivity index (χ0v) is 10.4. The Kier molecular flexibility index (Phi) is 5.43. The molecular weight excluding hydrogens is 249 g/mol. The van der Waals surface area contributed by atoms with Crippen LogP contribution in [0.4, 0.5) is 0 Å². The first kappa shape index (κ1) is 13.1. The third kappa shape index (κ3) is 4.29. The number of nitrogens with one attached hydrogen (secondary N) is 1. The van der Waals surface area contributed by atoms with Crippen LogP contribution in [0.25, 0.3) is 0 Å². The lowest BCUT2D eigenvalue weighted by Crippen LogP contribution is -2.26. The standard InChI is InChI=1S/C11H13Cl2NO2/c1-16-10-5-8(4-9(13)6-10)2-3-14-11(15)7-12/h4-6H,2-3,7H2,1H3,(H,14,15). The number of hydrogen-bond acceptors (Lipinski definition) is 2. The molecule has 1 rings (SSSR count). The van der Waals surface area contributed by atoms with Crippen molar-refractivity contribution in [1.29, 1.82) is 0 Å². The maximum atomic E-state index is 10.9. The molecule has 1 aromatic carbocycles. The summed E-state index contributed by atoms with van der Waals surface area (Å²) in [5.41, 5.74) is 1.01. The molecule has 0 aliphatic rings. The van der Waals surface area contributed by atoms with E-state index < -0.39 is 0 Å². The van der Waals surface area contributed by atoms with E-state index in [1.165, 1.54) is 0 Å². The van der Waals surface area contributed by atoms with Crippen LogP contribution in [0.2, 0.25) is 5.02 Å². The van der Waals surface area contributed by atoms with Gasteiger partial charge in [0.25, 0.3) is 0 Å². The van der Waals surface area contributed by atoms with Crippen LogP contribution in [-0.2, 0) is 11.2 Å². The van der Waals surface area contributed by atoms with Gasteiger partial charge in [-0.2, -0.15) is 0 Å². The quantitative estimate of drug-likeness (QED) is 0.826. The first-order valence-electron chi connectivity index (χ1n) is 4.82. The number of ether oxygens (including phenoxy) is 1. The maximum Gasteiger partial charge on any atom is 0.234 e. The third-order valence-corrected chi connectivity index (χ3v) is 2.48. The van der Waals surface area contributed by atoms with Gasteiger partial charge < -0.3 is 10.1 Å². The molecule has 0 aliphatic heterocycles. The van der Waals surface area contributed by atoms with Crippen LogP contribution in [-0.4, -0.2) is 25.4 Å². The van der Waals surface area contributed by atoms with E-state index in [-0.39, 0.29) is 11.8 Å². The van der Waals surface area contributed by atoms with Gasteiger partial charge in [0.2, 0.25) is 5.91 Å². The van der Waals surface area contributed by atoms with Gasteiger partial charge in [-0.15, -0.1) is 11.6 Å². The zero-order chi connectivity index (χ0) is 12.0. The van der Waals surface area contributed by atoms with Gasteiger partial charge in [0.05, 0.1) is 7.11 Å². The molecule has 0 radical (unpaired) electrons. The first-order chi connectivity index (χ1) is 7.65. The molecule has 0 saturated heterocycles. The van der Waals surface area contributed by atoms with E-state index in [0.717, 1.165) is 5.56 Å². The predicted octanol–water partition coefficient (Wildman–Crippen LogP) is 2.25. The fourth-order valence-corrected chi connectivity index (χ4v) is 1.62. The molecule has 0 aliphatic carbocycles. The van der Waals surface area contributed by atoms with E-state index in [1.54, 1.807) is 13.2 Å². The van der Waals surface area contributed by atoms with E-state index in [4.69, 9.17) is 27.9 Å². The second-order valence-electron chi connectivity index (χ2n) is 3.23. The summed E-state index contributed by atoms with van der Waals surface area (Å²) in [6.07, 6.45) is 0.694. The minimum Gasteiger partial charge on any atom is -0.497 e. The highest BCUT2D eigenvalue weighted by atomic mass is 35.5.